The van der Waals surface area contributed by atoms with E-state index in [4.69, 9.17) is 0 Å². The van der Waals surface area contributed by atoms with Crippen LogP contribution in [-0.2, 0) is 11.2 Å². The van der Waals surface area contributed by atoms with Crippen molar-refractivity contribution in [2.75, 3.05) is 19.6 Å². The van der Waals surface area contributed by atoms with Gasteiger partial charge in [-0.05, 0) is 62.4 Å². The van der Waals surface area contributed by atoms with Crippen LogP contribution in [0.25, 0.3) is 11.1 Å². The van der Waals surface area contributed by atoms with Gasteiger partial charge >= 0.3 is 0 Å². The van der Waals surface area contributed by atoms with Gasteiger partial charge in [0.1, 0.15) is 0 Å². The topological polar surface area (TPSA) is 32.3 Å². The third-order valence-corrected chi connectivity index (χ3v) is 5.39. The van der Waals surface area contributed by atoms with E-state index in [1.807, 2.05) is 18.2 Å². The van der Waals surface area contributed by atoms with Crippen LogP contribution in [0.15, 0.2) is 54.6 Å². The molecule has 0 spiro atoms. The predicted octanol–water partition coefficient (Wildman–Crippen LogP) is 4.13. The predicted molar refractivity (Wildman–Crippen MR) is 108 cm³/mol. The first-order valence-corrected chi connectivity index (χ1v) is 9.77. The molecule has 0 aromatic heterocycles. The zero-order chi connectivity index (χ0) is 18.4. The lowest BCUT2D eigenvalue weighted by Crippen LogP contribution is -2.41. The van der Waals surface area contributed by atoms with Crippen LogP contribution >= 0.6 is 0 Å². The van der Waals surface area contributed by atoms with Crippen molar-refractivity contribution in [1.82, 2.24) is 10.2 Å². The van der Waals surface area contributed by atoms with Crippen molar-refractivity contribution < 1.29 is 4.79 Å². The van der Waals surface area contributed by atoms with Gasteiger partial charge in [-0.25, -0.2) is 0 Å². The molecule has 0 bridgehead atoms. The van der Waals surface area contributed by atoms with Gasteiger partial charge in [0.05, 0.1) is 6.42 Å². The highest BCUT2D eigenvalue weighted by Gasteiger charge is 2.21. The number of likely N-dealkylation sites (tertiary alicyclic amines) is 1. The van der Waals surface area contributed by atoms with Gasteiger partial charge in [0.2, 0.25) is 5.91 Å². The van der Waals surface area contributed by atoms with Crippen LogP contribution in [0.1, 0.15) is 32.3 Å². The van der Waals surface area contributed by atoms with E-state index in [0.717, 1.165) is 25.2 Å². The fourth-order valence-electron chi connectivity index (χ4n) is 3.63. The number of hydrogen-bond donors (Lipinski definition) is 1. The van der Waals surface area contributed by atoms with Crippen molar-refractivity contribution in [2.24, 2.45) is 5.92 Å². The number of nitrogens with one attached hydrogen (secondary N) is 1. The summed E-state index contributed by atoms with van der Waals surface area (Å²) in [5, 5.41) is 3.13. The molecule has 1 aliphatic rings. The first-order valence-electron chi connectivity index (χ1n) is 9.77. The fourth-order valence-corrected chi connectivity index (χ4v) is 3.63. The van der Waals surface area contributed by atoms with E-state index in [9.17, 15) is 4.79 Å². The molecule has 2 aromatic carbocycles. The zero-order valence-corrected chi connectivity index (χ0v) is 15.9. The fraction of sp³-hybridized carbons (Fsp3) is 0.435. The third-order valence-electron chi connectivity index (χ3n) is 5.39. The Morgan fingerprint density at radius 3 is 2.23 bits per heavy atom. The molecule has 1 amide bonds. The maximum absolute atomic E-state index is 12.3. The molecule has 1 aliphatic heterocycles. The van der Waals surface area contributed by atoms with Gasteiger partial charge in [-0.1, -0.05) is 54.6 Å². The summed E-state index contributed by atoms with van der Waals surface area (Å²) in [6.07, 6.45) is 2.83. The minimum absolute atomic E-state index is 0.128. The van der Waals surface area contributed by atoms with E-state index in [-0.39, 0.29) is 5.91 Å². The van der Waals surface area contributed by atoms with Crippen molar-refractivity contribution in [2.45, 2.75) is 39.2 Å². The molecule has 0 saturated carbocycles. The smallest absolute Gasteiger partial charge is 0.224 e. The highest BCUT2D eigenvalue weighted by atomic mass is 16.1. The number of rotatable bonds is 6. The van der Waals surface area contributed by atoms with Crippen LogP contribution in [0.4, 0.5) is 0 Å². The van der Waals surface area contributed by atoms with Crippen LogP contribution in [0, 0.1) is 5.92 Å². The minimum atomic E-state index is 0.128. The Kier molecular flexibility index (Phi) is 6.45. The van der Waals surface area contributed by atoms with Gasteiger partial charge in [0.25, 0.3) is 0 Å². The molecule has 3 nitrogen and oxygen atoms in total. The second-order valence-electron chi connectivity index (χ2n) is 7.62. The van der Waals surface area contributed by atoms with E-state index in [1.54, 1.807) is 0 Å². The van der Waals surface area contributed by atoms with E-state index in [1.165, 1.54) is 24.0 Å². The SMILES string of the molecule is CC(C)N1CCC(CNC(=O)Cc2ccc(-c3ccccc3)cc2)CC1. The number of benzene rings is 2. The molecule has 0 unspecified atom stereocenters. The highest BCUT2D eigenvalue weighted by Crippen LogP contribution is 2.20. The Morgan fingerprint density at radius 2 is 1.62 bits per heavy atom. The number of hydrogen-bond acceptors (Lipinski definition) is 2. The summed E-state index contributed by atoms with van der Waals surface area (Å²) in [7, 11) is 0. The molecule has 3 heteroatoms. The van der Waals surface area contributed by atoms with Gasteiger partial charge in [-0.2, -0.15) is 0 Å². The van der Waals surface area contributed by atoms with Crippen molar-refractivity contribution in [3.05, 3.63) is 60.2 Å². The molecule has 1 heterocycles. The first-order chi connectivity index (χ1) is 12.6. The molecule has 138 valence electrons. The second kappa shape index (κ2) is 9.00. The Hall–Kier alpha value is -2.13. The summed E-state index contributed by atoms with van der Waals surface area (Å²) in [4.78, 5) is 14.8. The molecule has 2 aromatic rings. The molecule has 0 atom stereocenters. The lowest BCUT2D eigenvalue weighted by atomic mass is 9.96. The molecule has 1 N–H and O–H groups in total. The largest absolute Gasteiger partial charge is 0.356 e. The molecule has 26 heavy (non-hydrogen) atoms. The van der Waals surface area contributed by atoms with Crippen molar-refractivity contribution in [1.29, 1.82) is 0 Å². The van der Waals surface area contributed by atoms with Gasteiger partial charge < -0.3 is 10.2 Å². The Morgan fingerprint density at radius 1 is 1.00 bits per heavy atom. The Balaban J connectivity index is 1.44. The standard InChI is InChI=1S/C23H30N2O/c1-18(2)25-14-12-20(13-15-25)17-24-23(26)16-19-8-10-22(11-9-19)21-6-4-3-5-7-21/h3-11,18,20H,12-17H2,1-2H3,(H,24,26). The molecule has 0 aliphatic carbocycles. The highest BCUT2D eigenvalue weighted by molar-refractivity contribution is 5.78. The Bertz CT molecular complexity index is 686. The van der Waals surface area contributed by atoms with Gasteiger partial charge in [-0.15, -0.1) is 0 Å². The number of piperidine rings is 1. The van der Waals surface area contributed by atoms with E-state index >= 15 is 0 Å². The summed E-state index contributed by atoms with van der Waals surface area (Å²) in [6, 6.07) is 19.3. The van der Waals surface area contributed by atoms with Gasteiger partial charge in [0, 0.05) is 12.6 Å². The third kappa shape index (κ3) is 5.18. The lowest BCUT2D eigenvalue weighted by molar-refractivity contribution is -0.120. The monoisotopic (exact) mass is 350 g/mol. The summed E-state index contributed by atoms with van der Waals surface area (Å²) in [5.74, 6) is 0.748. The molecule has 1 fully saturated rings. The van der Waals surface area contributed by atoms with Crippen molar-refractivity contribution in [3.63, 3.8) is 0 Å². The van der Waals surface area contributed by atoms with E-state index < -0.39 is 0 Å². The first kappa shape index (κ1) is 18.7. The van der Waals surface area contributed by atoms with Crippen LogP contribution in [0.2, 0.25) is 0 Å². The summed E-state index contributed by atoms with van der Waals surface area (Å²) in [5.41, 5.74) is 3.46. The average Bonchev–Trinajstić information content (AvgIpc) is 2.68. The number of amides is 1. The number of nitrogens with zero attached hydrogens (tertiary/aromatic N) is 1. The van der Waals surface area contributed by atoms with E-state index in [2.05, 4.69) is 60.5 Å². The summed E-state index contributed by atoms with van der Waals surface area (Å²) in [6.45, 7) is 7.63. The maximum atomic E-state index is 12.3. The lowest BCUT2D eigenvalue weighted by Gasteiger charge is -2.34. The van der Waals surface area contributed by atoms with Crippen molar-refractivity contribution in [3.8, 4) is 11.1 Å². The second-order valence-corrected chi connectivity index (χ2v) is 7.62. The quantitative estimate of drug-likeness (QED) is 0.849. The molecular weight excluding hydrogens is 320 g/mol. The summed E-state index contributed by atoms with van der Waals surface area (Å²) < 4.78 is 0. The zero-order valence-electron chi connectivity index (χ0n) is 15.9. The van der Waals surface area contributed by atoms with Crippen LogP contribution in [0.5, 0.6) is 0 Å². The molecular formula is C23H30N2O. The summed E-state index contributed by atoms with van der Waals surface area (Å²) >= 11 is 0. The molecule has 3 rings (SSSR count). The minimum Gasteiger partial charge on any atom is -0.356 e. The van der Waals surface area contributed by atoms with Crippen molar-refractivity contribution >= 4 is 5.91 Å². The maximum Gasteiger partial charge on any atom is 0.224 e. The van der Waals surface area contributed by atoms with Gasteiger partial charge in [0.15, 0.2) is 0 Å². The van der Waals surface area contributed by atoms with E-state index in [0.29, 0.717) is 18.4 Å². The number of carbonyl (C=O) groups is 1. The van der Waals surface area contributed by atoms with Crippen LogP contribution in [-0.4, -0.2) is 36.5 Å². The molecule has 1 saturated heterocycles. The number of carbonyl (C=O) groups excluding carboxylic acids is 1. The normalized spacial score (nSPS) is 16.0. The van der Waals surface area contributed by atoms with Crippen LogP contribution in [0.3, 0.4) is 0 Å². The van der Waals surface area contributed by atoms with Gasteiger partial charge in [-0.3, -0.25) is 4.79 Å². The Labute approximate surface area is 157 Å². The average molecular weight is 351 g/mol. The van der Waals surface area contributed by atoms with Crippen LogP contribution < -0.4 is 5.32 Å². The molecule has 0 radical (unpaired) electrons.